The van der Waals surface area contributed by atoms with Crippen molar-refractivity contribution in [2.45, 2.75) is 6.92 Å². The quantitative estimate of drug-likeness (QED) is 0.571. The summed E-state index contributed by atoms with van der Waals surface area (Å²) in [5, 5.41) is 0. The van der Waals surface area contributed by atoms with Crippen LogP contribution in [0, 0.1) is 6.92 Å². The number of H-pyrrole nitrogens is 3. The van der Waals surface area contributed by atoms with Crippen LogP contribution in [0.1, 0.15) is 5.69 Å². The molecule has 0 unspecified atom stereocenters. The van der Waals surface area contributed by atoms with Crippen molar-refractivity contribution in [2.24, 2.45) is 0 Å². The van der Waals surface area contributed by atoms with E-state index in [2.05, 4.69) is 24.9 Å². The van der Waals surface area contributed by atoms with E-state index >= 15 is 0 Å². The van der Waals surface area contributed by atoms with Gasteiger partial charge in [0.25, 0.3) is 5.56 Å². The molecule has 0 bridgehead atoms. The summed E-state index contributed by atoms with van der Waals surface area (Å²) in [7, 11) is 0. The molecule has 0 aliphatic heterocycles. The number of hydrogen-bond donors (Lipinski definition) is 3. The Morgan fingerprint density at radius 2 is 2.00 bits per heavy atom. The second-order valence-electron chi connectivity index (χ2n) is 3.90. The lowest BCUT2D eigenvalue weighted by atomic mass is 10.2. The second kappa shape index (κ2) is 3.66. The lowest BCUT2D eigenvalue weighted by molar-refractivity contribution is 1.07. The Bertz CT molecular complexity index is 842. The van der Waals surface area contributed by atoms with E-state index < -0.39 is 11.2 Å². The third-order valence-electron chi connectivity index (χ3n) is 2.56. The molecule has 3 N–H and O–H groups in total. The molecule has 0 amide bonds. The molecular weight excluding hydrogens is 234 g/mol. The summed E-state index contributed by atoms with van der Waals surface area (Å²) in [6.45, 7) is 1.86. The van der Waals surface area contributed by atoms with Crippen LogP contribution in [0.3, 0.4) is 0 Å². The molecule has 0 spiro atoms. The normalized spacial score (nSPS) is 10.9. The Morgan fingerprint density at radius 3 is 2.78 bits per heavy atom. The minimum Gasteiger partial charge on any atom is -0.332 e. The van der Waals surface area contributed by atoms with Crippen LogP contribution in [-0.2, 0) is 0 Å². The smallest absolute Gasteiger partial charge is 0.327 e. The first kappa shape index (κ1) is 10.5. The molecule has 7 nitrogen and oxygen atoms in total. The number of fused-ring (bicyclic) bond motifs is 1. The molecule has 3 heterocycles. The van der Waals surface area contributed by atoms with Gasteiger partial charge in [0, 0.05) is 17.5 Å². The van der Waals surface area contributed by atoms with Crippen molar-refractivity contribution in [1.82, 2.24) is 24.9 Å². The van der Waals surface area contributed by atoms with Gasteiger partial charge in [-0.2, -0.15) is 0 Å². The maximum Gasteiger partial charge on any atom is 0.327 e. The summed E-state index contributed by atoms with van der Waals surface area (Å²) in [5.41, 5.74) is 1.08. The van der Waals surface area contributed by atoms with Gasteiger partial charge >= 0.3 is 5.69 Å². The Morgan fingerprint density at radius 1 is 1.17 bits per heavy atom. The zero-order chi connectivity index (χ0) is 12.7. The zero-order valence-corrected chi connectivity index (χ0v) is 9.44. The van der Waals surface area contributed by atoms with E-state index in [-0.39, 0.29) is 11.2 Å². The van der Waals surface area contributed by atoms with Crippen molar-refractivity contribution in [2.75, 3.05) is 0 Å². The number of rotatable bonds is 1. The minimum absolute atomic E-state index is 0.244. The van der Waals surface area contributed by atoms with E-state index in [0.717, 1.165) is 11.3 Å². The second-order valence-corrected chi connectivity index (χ2v) is 3.90. The van der Waals surface area contributed by atoms with E-state index in [1.165, 1.54) is 0 Å². The van der Waals surface area contributed by atoms with Crippen LogP contribution >= 0.6 is 0 Å². The molecular formula is C11H9N5O2. The molecule has 0 aromatic carbocycles. The van der Waals surface area contributed by atoms with E-state index in [0.29, 0.717) is 5.82 Å². The third kappa shape index (κ3) is 1.61. The number of nitrogens with zero attached hydrogens (tertiary/aromatic N) is 2. The zero-order valence-electron chi connectivity index (χ0n) is 9.44. The van der Waals surface area contributed by atoms with Crippen LogP contribution in [0.15, 0.2) is 27.9 Å². The molecule has 3 aromatic heterocycles. The van der Waals surface area contributed by atoms with Crippen LogP contribution in [0.25, 0.3) is 22.6 Å². The molecule has 3 aromatic rings. The number of aromatic nitrogens is 5. The van der Waals surface area contributed by atoms with Crippen molar-refractivity contribution < 1.29 is 0 Å². The Kier molecular flexibility index (Phi) is 2.12. The Balaban J connectivity index is 2.29. The summed E-state index contributed by atoms with van der Waals surface area (Å²) in [6.07, 6.45) is 1.66. The van der Waals surface area contributed by atoms with E-state index in [1.54, 1.807) is 12.3 Å². The Hall–Kier alpha value is -2.70. The van der Waals surface area contributed by atoms with Crippen LogP contribution < -0.4 is 11.2 Å². The monoisotopic (exact) mass is 243 g/mol. The molecule has 0 aliphatic rings. The summed E-state index contributed by atoms with van der Waals surface area (Å²) >= 11 is 0. The van der Waals surface area contributed by atoms with Crippen LogP contribution in [0.5, 0.6) is 0 Å². The van der Waals surface area contributed by atoms with Crippen molar-refractivity contribution in [1.29, 1.82) is 0 Å². The molecule has 90 valence electrons. The summed E-state index contributed by atoms with van der Waals surface area (Å²) in [5.74, 6) is 0.517. The first-order valence-corrected chi connectivity index (χ1v) is 5.29. The van der Waals surface area contributed by atoms with Crippen molar-refractivity contribution in [3.05, 3.63) is 44.9 Å². The fourth-order valence-corrected chi connectivity index (χ4v) is 1.76. The average molecular weight is 243 g/mol. The fourth-order valence-electron chi connectivity index (χ4n) is 1.76. The van der Waals surface area contributed by atoms with Gasteiger partial charge in [-0.25, -0.2) is 9.78 Å². The highest BCUT2D eigenvalue weighted by atomic mass is 16.2. The SMILES string of the molecule is Cc1cc(-c2nc3[nH]c(=O)[nH]c(=O)c3[nH]2)ccn1. The van der Waals surface area contributed by atoms with Crippen molar-refractivity contribution in [3.8, 4) is 11.4 Å². The molecule has 0 saturated heterocycles. The number of aryl methyl sites for hydroxylation is 1. The molecule has 3 rings (SSSR count). The van der Waals surface area contributed by atoms with Crippen molar-refractivity contribution in [3.63, 3.8) is 0 Å². The van der Waals surface area contributed by atoms with Crippen molar-refractivity contribution >= 4 is 11.2 Å². The molecule has 0 fully saturated rings. The van der Waals surface area contributed by atoms with E-state index in [4.69, 9.17) is 0 Å². The molecule has 7 heteroatoms. The predicted molar refractivity (Wildman–Crippen MR) is 65.3 cm³/mol. The third-order valence-corrected chi connectivity index (χ3v) is 2.56. The minimum atomic E-state index is -0.573. The number of aromatic amines is 3. The van der Waals surface area contributed by atoms with Crippen LogP contribution in [-0.4, -0.2) is 24.9 Å². The van der Waals surface area contributed by atoms with Gasteiger partial charge in [-0.15, -0.1) is 0 Å². The summed E-state index contributed by atoms with van der Waals surface area (Å²) in [4.78, 5) is 38.4. The largest absolute Gasteiger partial charge is 0.332 e. The van der Waals surface area contributed by atoms with Gasteiger partial charge in [0.15, 0.2) is 5.65 Å². The molecule has 0 saturated carbocycles. The van der Waals surface area contributed by atoms with Gasteiger partial charge in [0.2, 0.25) is 0 Å². The van der Waals surface area contributed by atoms with Crippen LogP contribution in [0.2, 0.25) is 0 Å². The van der Waals surface area contributed by atoms with Gasteiger partial charge < -0.3 is 4.98 Å². The highest BCUT2D eigenvalue weighted by molar-refractivity contribution is 5.74. The first-order valence-electron chi connectivity index (χ1n) is 5.29. The predicted octanol–water partition coefficient (Wildman–Crippen LogP) is 0.310. The molecule has 0 aliphatic carbocycles. The van der Waals surface area contributed by atoms with Gasteiger partial charge in [-0.3, -0.25) is 19.7 Å². The Labute approximate surface area is 99.9 Å². The number of pyridine rings is 1. The summed E-state index contributed by atoms with van der Waals surface area (Å²) < 4.78 is 0. The molecule has 0 atom stereocenters. The van der Waals surface area contributed by atoms with E-state index in [9.17, 15) is 9.59 Å². The number of hydrogen-bond acceptors (Lipinski definition) is 4. The number of nitrogens with one attached hydrogen (secondary N) is 3. The maximum absolute atomic E-state index is 11.6. The topological polar surface area (TPSA) is 107 Å². The maximum atomic E-state index is 11.6. The van der Waals surface area contributed by atoms with E-state index in [1.807, 2.05) is 13.0 Å². The highest BCUT2D eigenvalue weighted by Gasteiger charge is 2.09. The highest BCUT2D eigenvalue weighted by Crippen LogP contribution is 2.17. The van der Waals surface area contributed by atoms with Gasteiger partial charge in [-0.05, 0) is 19.1 Å². The van der Waals surface area contributed by atoms with Gasteiger partial charge in [0.1, 0.15) is 11.3 Å². The standard InChI is InChI=1S/C11H9N5O2/c1-5-4-6(2-3-12-5)8-13-7-9(14-8)15-11(18)16-10(7)17/h2-4H,1H3,(H3,13,14,15,16,17,18). The van der Waals surface area contributed by atoms with Gasteiger partial charge in [0.05, 0.1) is 0 Å². The number of imidazole rings is 1. The lowest BCUT2D eigenvalue weighted by Crippen LogP contribution is -2.21. The first-order chi connectivity index (χ1) is 8.63. The van der Waals surface area contributed by atoms with Crippen LogP contribution in [0.4, 0.5) is 0 Å². The fraction of sp³-hybridized carbons (Fsp3) is 0.0909. The van der Waals surface area contributed by atoms with Gasteiger partial charge in [-0.1, -0.05) is 0 Å². The average Bonchev–Trinajstić information content (AvgIpc) is 2.73. The molecule has 0 radical (unpaired) electrons. The molecule has 18 heavy (non-hydrogen) atoms. The summed E-state index contributed by atoms with van der Waals surface area (Å²) in [6, 6.07) is 3.61. The lowest BCUT2D eigenvalue weighted by Gasteiger charge is -1.96.